The van der Waals surface area contributed by atoms with Gasteiger partial charge in [-0.15, -0.1) is 0 Å². The molecule has 3 nitrogen and oxygen atoms in total. The first-order valence-corrected chi connectivity index (χ1v) is 6.04. The van der Waals surface area contributed by atoms with Gasteiger partial charge < -0.3 is 9.47 Å². The highest BCUT2D eigenvalue weighted by molar-refractivity contribution is 5.62. The Morgan fingerprint density at radius 2 is 2.00 bits per heavy atom. The van der Waals surface area contributed by atoms with Crippen LogP contribution in [0.4, 0.5) is 0 Å². The average Bonchev–Trinajstić information content (AvgIpc) is 2.66. The first-order chi connectivity index (χ1) is 7.23. The summed E-state index contributed by atoms with van der Waals surface area (Å²) in [4.78, 5) is 4.48. The summed E-state index contributed by atoms with van der Waals surface area (Å²) in [7, 11) is 0. The zero-order valence-electron chi connectivity index (χ0n) is 9.74. The molecule has 1 aliphatic carbocycles. The van der Waals surface area contributed by atoms with Crippen LogP contribution < -0.4 is 0 Å². The van der Waals surface area contributed by atoms with Gasteiger partial charge in [-0.1, -0.05) is 6.42 Å². The van der Waals surface area contributed by atoms with Crippen molar-refractivity contribution in [3.05, 3.63) is 0 Å². The van der Waals surface area contributed by atoms with Gasteiger partial charge in [0.05, 0.1) is 13.2 Å². The minimum atomic E-state index is -0.323. The van der Waals surface area contributed by atoms with Crippen LogP contribution in [0, 0.1) is 5.92 Å². The van der Waals surface area contributed by atoms with Crippen molar-refractivity contribution in [3.63, 3.8) is 0 Å². The minimum absolute atomic E-state index is 0.323. The third-order valence-corrected chi connectivity index (χ3v) is 3.20. The molecule has 1 heterocycles. The number of aliphatic imine (C=N–C) groups is 1. The first kappa shape index (κ1) is 11.1. The van der Waals surface area contributed by atoms with Crippen LogP contribution in [-0.4, -0.2) is 31.3 Å². The first-order valence-electron chi connectivity index (χ1n) is 6.04. The van der Waals surface area contributed by atoms with E-state index >= 15 is 0 Å². The van der Waals surface area contributed by atoms with E-state index in [2.05, 4.69) is 25.1 Å². The number of nitrogens with zero attached hydrogens (tertiary/aromatic N) is 1. The summed E-state index contributed by atoms with van der Waals surface area (Å²) in [6.07, 6.45) is 6.72. The SMILES string of the molecule is CC(C)N=CC1CCCCC12OCCO2. The molecule has 1 unspecified atom stereocenters. The van der Waals surface area contributed by atoms with E-state index in [0.717, 1.165) is 26.1 Å². The number of hydrogen-bond donors (Lipinski definition) is 0. The molecule has 0 aromatic heterocycles. The molecule has 0 aromatic carbocycles. The van der Waals surface area contributed by atoms with Gasteiger partial charge >= 0.3 is 0 Å². The lowest BCUT2D eigenvalue weighted by atomic mass is 9.84. The van der Waals surface area contributed by atoms with Crippen molar-refractivity contribution in [2.75, 3.05) is 13.2 Å². The zero-order chi connectivity index (χ0) is 10.7. The van der Waals surface area contributed by atoms with Gasteiger partial charge in [-0.2, -0.15) is 0 Å². The van der Waals surface area contributed by atoms with E-state index in [4.69, 9.17) is 9.47 Å². The highest BCUT2D eigenvalue weighted by Crippen LogP contribution is 2.39. The Morgan fingerprint density at radius 1 is 1.27 bits per heavy atom. The third kappa shape index (κ3) is 2.40. The van der Waals surface area contributed by atoms with Crippen LogP contribution in [0.3, 0.4) is 0 Å². The van der Waals surface area contributed by atoms with Crippen LogP contribution >= 0.6 is 0 Å². The average molecular weight is 211 g/mol. The van der Waals surface area contributed by atoms with E-state index in [1.807, 2.05) is 0 Å². The lowest BCUT2D eigenvalue weighted by Crippen LogP contribution is -2.42. The third-order valence-electron chi connectivity index (χ3n) is 3.20. The Hall–Kier alpha value is -0.410. The number of ether oxygens (including phenoxy) is 2. The quantitative estimate of drug-likeness (QED) is 0.657. The van der Waals surface area contributed by atoms with E-state index in [0.29, 0.717) is 12.0 Å². The van der Waals surface area contributed by atoms with Crippen molar-refractivity contribution in [1.82, 2.24) is 0 Å². The second-order valence-electron chi connectivity index (χ2n) is 4.75. The fourth-order valence-electron chi connectivity index (χ4n) is 2.43. The standard InChI is InChI=1S/C12H21NO2/c1-10(2)13-9-11-5-3-4-6-12(11)14-7-8-15-12/h9-11H,3-8H2,1-2H3. The molecular formula is C12H21NO2. The Morgan fingerprint density at radius 3 is 2.67 bits per heavy atom. The van der Waals surface area contributed by atoms with E-state index in [1.165, 1.54) is 12.8 Å². The van der Waals surface area contributed by atoms with Crippen LogP contribution in [0.2, 0.25) is 0 Å². The second kappa shape index (κ2) is 4.62. The van der Waals surface area contributed by atoms with Gasteiger partial charge in [0.1, 0.15) is 0 Å². The molecule has 2 aliphatic rings. The van der Waals surface area contributed by atoms with Gasteiger partial charge in [0.15, 0.2) is 5.79 Å². The Bertz CT molecular complexity index is 232. The molecule has 0 aromatic rings. The van der Waals surface area contributed by atoms with Gasteiger partial charge in [0.25, 0.3) is 0 Å². The van der Waals surface area contributed by atoms with Gasteiger partial charge in [0, 0.05) is 24.6 Å². The number of hydrogen-bond acceptors (Lipinski definition) is 3. The molecule has 0 bridgehead atoms. The maximum atomic E-state index is 5.81. The predicted molar refractivity (Wildman–Crippen MR) is 60.2 cm³/mol. The van der Waals surface area contributed by atoms with E-state index < -0.39 is 0 Å². The van der Waals surface area contributed by atoms with E-state index in [-0.39, 0.29) is 5.79 Å². The zero-order valence-corrected chi connectivity index (χ0v) is 9.74. The monoisotopic (exact) mass is 211 g/mol. The molecule has 1 saturated carbocycles. The fourth-order valence-corrected chi connectivity index (χ4v) is 2.43. The normalized spacial score (nSPS) is 30.7. The largest absolute Gasteiger partial charge is 0.347 e. The molecule has 1 saturated heterocycles. The molecule has 3 heteroatoms. The molecule has 15 heavy (non-hydrogen) atoms. The summed E-state index contributed by atoms with van der Waals surface area (Å²) in [6.45, 7) is 5.68. The topological polar surface area (TPSA) is 30.8 Å². The highest BCUT2D eigenvalue weighted by Gasteiger charge is 2.44. The molecule has 2 fully saturated rings. The Balaban J connectivity index is 2.05. The van der Waals surface area contributed by atoms with Gasteiger partial charge in [-0.05, 0) is 26.7 Å². The summed E-state index contributed by atoms with van der Waals surface area (Å²) in [5.41, 5.74) is 0. The summed E-state index contributed by atoms with van der Waals surface area (Å²) < 4.78 is 11.6. The molecule has 1 atom stereocenters. The molecule has 0 amide bonds. The van der Waals surface area contributed by atoms with Crippen molar-refractivity contribution in [2.24, 2.45) is 10.9 Å². The van der Waals surface area contributed by atoms with Crippen molar-refractivity contribution >= 4 is 6.21 Å². The molecule has 2 rings (SSSR count). The second-order valence-corrected chi connectivity index (χ2v) is 4.75. The molecule has 0 radical (unpaired) electrons. The molecule has 0 N–H and O–H groups in total. The maximum absolute atomic E-state index is 5.81. The van der Waals surface area contributed by atoms with Gasteiger partial charge in [-0.3, -0.25) is 4.99 Å². The van der Waals surface area contributed by atoms with E-state index in [1.54, 1.807) is 0 Å². The van der Waals surface area contributed by atoms with Crippen molar-refractivity contribution < 1.29 is 9.47 Å². The lowest BCUT2D eigenvalue weighted by Gasteiger charge is -2.37. The fraction of sp³-hybridized carbons (Fsp3) is 0.917. The lowest BCUT2D eigenvalue weighted by molar-refractivity contribution is -0.194. The summed E-state index contributed by atoms with van der Waals surface area (Å²) >= 11 is 0. The predicted octanol–water partition coefficient (Wildman–Crippen LogP) is 2.40. The summed E-state index contributed by atoms with van der Waals surface area (Å²) in [5, 5.41) is 0. The van der Waals surface area contributed by atoms with Gasteiger partial charge in [0.2, 0.25) is 0 Å². The van der Waals surface area contributed by atoms with E-state index in [9.17, 15) is 0 Å². The van der Waals surface area contributed by atoms with Crippen LogP contribution in [0.25, 0.3) is 0 Å². The molecular weight excluding hydrogens is 190 g/mol. The van der Waals surface area contributed by atoms with Crippen LogP contribution in [0.15, 0.2) is 4.99 Å². The molecule has 1 spiro atoms. The van der Waals surface area contributed by atoms with Crippen LogP contribution in [-0.2, 0) is 9.47 Å². The van der Waals surface area contributed by atoms with Crippen molar-refractivity contribution in [3.8, 4) is 0 Å². The van der Waals surface area contributed by atoms with Crippen molar-refractivity contribution in [2.45, 2.75) is 51.4 Å². The minimum Gasteiger partial charge on any atom is -0.347 e. The van der Waals surface area contributed by atoms with Crippen LogP contribution in [0.5, 0.6) is 0 Å². The van der Waals surface area contributed by atoms with Crippen LogP contribution in [0.1, 0.15) is 39.5 Å². The maximum Gasteiger partial charge on any atom is 0.176 e. The molecule has 86 valence electrons. The number of rotatable bonds is 2. The summed E-state index contributed by atoms with van der Waals surface area (Å²) in [6, 6.07) is 0.366. The summed E-state index contributed by atoms with van der Waals surface area (Å²) in [5.74, 6) is 0.0348. The highest BCUT2D eigenvalue weighted by atomic mass is 16.7. The Kier molecular flexibility index (Phi) is 3.42. The van der Waals surface area contributed by atoms with Crippen molar-refractivity contribution in [1.29, 1.82) is 0 Å². The van der Waals surface area contributed by atoms with Gasteiger partial charge in [-0.25, -0.2) is 0 Å². The Labute approximate surface area is 91.9 Å². The molecule has 1 aliphatic heterocycles. The smallest absolute Gasteiger partial charge is 0.176 e.